The van der Waals surface area contributed by atoms with E-state index in [2.05, 4.69) is 20.4 Å². The van der Waals surface area contributed by atoms with Crippen LogP contribution >= 0.6 is 0 Å². The molecule has 0 atom stereocenters. The molecule has 0 saturated carbocycles. The normalized spacial score (nSPS) is 9.95. The predicted molar refractivity (Wildman–Crippen MR) is 78.3 cm³/mol. The highest BCUT2D eigenvalue weighted by atomic mass is 16.2. The van der Waals surface area contributed by atoms with Crippen molar-refractivity contribution in [2.45, 2.75) is 0 Å². The highest BCUT2D eigenvalue weighted by Gasteiger charge is 2.16. The highest BCUT2D eigenvalue weighted by molar-refractivity contribution is 6.02. The molecule has 0 saturated heterocycles. The van der Waals surface area contributed by atoms with E-state index in [-0.39, 0.29) is 11.3 Å². The fraction of sp³-hybridized carbons (Fsp3) is 0. The zero-order chi connectivity index (χ0) is 15.4. The van der Waals surface area contributed by atoms with E-state index in [0.29, 0.717) is 5.82 Å². The molecule has 0 aliphatic carbocycles. The van der Waals surface area contributed by atoms with Gasteiger partial charge in [0.25, 0.3) is 5.91 Å². The molecule has 2 aromatic heterocycles. The van der Waals surface area contributed by atoms with Crippen molar-refractivity contribution in [1.82, 2.24) is 19.7 Å². The lowest BCUT2D eigenvalue weighted by Gasteiger charge is -2.09. The van der Waals surface area contributed by atoms with Crippen LogP contribution in [-0.4, -0.2) is 25.7 Å². The maximum atomic E-state index is 12.2. The number of hydrogen-bond donors (Lipinski definition) is 1. The van der Waals surface area contributed by atoms with Gasteiger partial charge in [0.15, 0.2) is 5.82 Å². The number of nitriles is 1. The number of para-hydroxylation sites is 1. The van der Waals surface area contributed by atoms with Gasteiger partial charge in [-0.1, -0.05) is 18.2 Å². The van der Waals surface area contributed by atoms with Crippen LogP contribution in [0.5, 0.6) is 0 Å². The summed E-state index contributed by atoms with van der Waals surface area (Å²) < 4.78 is 1.49. The van der Waals surface area contributed by atoms with Crippen LogP contribution in [0.3, 0.4) is 0 Å². The van der Waals surface area contributed by atoms with Crippen LogP contribution in [0.1, 0.15) is 16.1 Å². The third-order valence-electron chi connectivity index (χ3n) is 2.92. The van der Waals surface area contributed by atoms with Crippen molar-refractivity contribution in [1.29, 1.82) is 5.26 Å². The second kappa shape index (κ2) is 5.85. The lowest BCUT2D eigenvalue weighted by molar-refractivity contribution is 0.102. The van der Waals surface area contributed by atoms with E-state index < -0.39 is 5.91 Å². The second-order valence-corrected chi connectivity index (χ2v) is 4.31. The highest BCUT2D eigenvalue weighted by Crippen LogP contribution is 2.19. The quantitative estimate of drug-likeness (QED) is 0.793. The fourth-order valence-electron chi connectivity index (χ4n) is 1.90. The van der Waals surface area contributed by atoms with E-state index in [0.717, 1.165) is 5.69 Å². The van der Waals surface area contributed by atoms with Crippen molar-refractivity contribution in [3.05, 3.63) is 66.4 Å². The van der Waals surface area contributed by atoms with Crippen LogP contribution in [0.25, 0.3) is 5.69 Å². The molecule has 0 unspecified atom stereocenters. The van der Waals surface area contributed by atoms with Gasteiger partial charge in [-0.25, -0.2) is 9.67 Å². The largest absolute Gasteiger partial charge is 0.304 e. The minimum absolute atomic E-state index is 0.159. The first-order valence-corrected chi connectivity index (χ1v) is 6.40. The van der Waals surface area contributed by atoms with Gasteiger partial charge in [-0.15, -0.1) is 0 Å². The van der Waals surface area contributed by atoms with Gasteiger partial charge >= 0.3 is 0 Å². The van der Waals surface area contributed by atoms with Crippen LogP contribution in [0, 0.1) is 11.3 Å². The number of anilines is 1. The summed E-state index contributed by atoms with van der Waals surface area (Å²) in [5.41, 5.74) is 1.16. The Bertz CT molecular complexity index is 835. The molecule has 1 amide bonds. The molecule has 7 heteroatoms. The summed E-state index contributed by atoms with van der Waals surface area (Å²) in [6.07, 6.45) is 5.66. The zero-order valence-corrected chi connectivity index (χ0v) is 11.3. The van der Waals surface area contributed by atoms with Crippen LogP contribution < -0.4 is 5.32 Å². The molecule has 1 N–H and O–H groups in total. The molecule has 0 aliphatic rings. The van der Waals surface area contributed by atoms with Gasteiger partial charge in [-0.3, -0.25) is 9.78 Å². The van der Waals surface area contributed by atoms with E-state index >= 15 is 0 Å². The topological polar surface area (TPSA) is 96.5 Å². The molecule has 0 fully saturated rings. The Kier molecular flexibility index (Phi) is 3.58. The molecule has 0 bridgehead atoms. The van der Waals surface area contributed by atoms with Gasteiger partial charge in [0.1, 0.15) is 17.3 Å². The first-order chi connectivity index (χ1) is 10.8. The molecule has 0 spiro atoms. The summed E-state index contributed by atoms with van der Waals surface area (Å²) in [7, 11) is 0. The van der Waals surface area contributed by atoms with E-state index in [1.807, 2.05) is 36.4 Å². The van der Waals surface area contributed by atoms with Crippen LogP contribution in [0.2, 0.25) is 0 Å². The Balaban J connectivity index is 1.98. The van der Waals surface area contributed by atoms with Gasteiger partial charge in [-0.2, -0.15) is 10.4 Å². The fourth-order valence-corrected chi connectivity index (χ4v) is 1.90. The number of carbonyl (C=O) groups is 1. The lowest BCUT2D eigenvalue weighted by Crippen LogP contribution is -2.17. The molecular weight excluding hydrogens is 280 g/mol. The molecule has 3 rings (SSSR count). The Morgan fingerprint density at radius 3 is 2.68 bits per heavy atom. The maximum Gasteiger partial charge on any atom is 0.277 e. The average molecular weight is 290 g/mol. The number of benzene rings is 1. The molecule has 22 heavy (non-hydrogen) atoms. The Hall–Kier alpha value is -3.53. The summed E-state index contributed by atoms with van der Waals surface area (Å²) in [6, 6.07) is 11.2. The number of nitrogens with zero attached hydrogens (tertiary/aromatic N) is 5. The minimum Gasteiger partial charge on any atom is -0.304 e. The van der Waals surface area contributed by atoms with Crippen LogP contribution in [0.4, 0.5) is 5.82 Å². The minimum atomic E-state index is -0.456. The molecule has 3 aromatic rings. The number of hydrogen-bond acceptors (Lipinski definition) is 5. The van der Waals surface area contributed by atoms with Crippen molar-refractivity contribution in [3.63, 3.8) is 0 Å². The Morgan fingerprint density at radius 2 is 2.00 bits per heavy atom. The van der Waals surface area contributed by atoms with E-state index in [1.54, 1.807) is 0 Å². The Labute approximate surface area is 125 Å². The standard InChI is InChI=1S/C15H10N6O/c16-8-11-9-19-21(12-4-2-1-3-5-12)14(11)20-15(22)13-10-17-6-7-18-13/h1-7,9-10H,(H,20,22). The molecule has 7 nitrogen and oxygen atoms in total. The number of carbonyl (C=O) groups excluding carboxylic acids is 1. The molecule has 1 aromatic carbocycles. The lowest BCUT2D eigenvalue weighted by atomic mass is 10.3. The van der Waals surface area contributed by atoms with Gasteiger partial charge in [-0.05, 0) is 12.1 Å². The summed E-state index contributed by atoms with van der Waals surface area (Å²) >= 11 is 0. The number of amides is 1. The van der Waals surface area contributed by atoms with Crippen LogP contribution in [0.15, 0.2) is 55.1 Å². The summed E-state index contributed by atoms with van der Waals surface area (Å²) in [4.78, 5) is 20.0. The molecular formula is C15H10N6O. The van der Waals surface area contributed by atoms with Crippen molar-refractivity contribution in [2.24, 2.45) is 0 Å². The van der Waals surface area contributed by atoms with Crippen molar-refractivity contribution < 1.29 is 4.79 Å². The van der Waals surface area contributed by atoms with Crippen LogP contribution in [-0.2, 0) is 0 Å². The molecule has 2 heterocycles. The number of rotatable bonds is 3. The molecule has 0 aliphatic heterocycles. The van der Waals surface area contributed by atoms with E-state index in [4.69, 9.17) is 0 Å². The van der Waals surface area contributed by atoms with Gasteiger partial charge < -0.3 is 5.32 Å². The first-order valence-electron chi connectivity index (χ1n) is 6.40. The Morgan fingerprint density at radius 1 is 1.18 bits per heavy atom. The second-order valence-electron chi connectivity index (χ2n) is 4.31. The van der Waals surface area contributed by atoms with Gasteiger partial charge in [0, 0.05) is 12.4 Å². The SMILES string of the molecule is N#Cc1cnn(-c2ccccc2)c1NC(=O)c1cnccn1. The summed E-state index contributed by atoms with van der Waals surface area (Å²) in [5, 5.41) is 16.0. The van der Waals surface area contributed by atoms with Gasteiger partial charge in [0.05, 0.1) is 18.1 Å². The number of aromatic nitrogens is 4. The summed E-state index contributed by atoms with van der Waals surface area (Å²) in [6.45, 7) is 0. The van der Waals surface area contributed by atoms with Crippen molar-refractivity contribution in [3.8, 4) is 11.8 Å². The third kappa shape index (κ3) is 2.53. The summed E-state index contributed by atoms with van der Waals surface area (Å²) in [5.74, 6) is -0.161. The molecule has 0 radical (unpaired) electrons. The zero-order valence-electron chi connectivity index (χ0n) is 11.3. The van der Waals surface area contributed by atoms with E-state index in [9.17, 15) is 10.1 Å². The molecule has 106 valence electrons. The third-order valence-corrected chi connectivity index (χ3v) is 2.92. The predicted octanol–water partition coefficient (Wildman–Crippen LogP) is 1.79. The monoisotopic (exact) mass is 290 g/mol. The number of nitrogens with one attached hydrogen (secondary N) is 1. The van der Waals surface area contributed by atoms with Crippen molar-refractivity contribution in [2.75, 3.05) is 5.32 Å². The maximum absolute atomic E-state index is 12.2. The smallest absolute Gasteiger partial charge is 0.277 e. The average Bonchev–Trinajstić information content (AvgIpc) is 2.99. The van der Waals surface area contributed by atoms with Crippen molar-refractivity contribution >= 4 is 11.7 Å². The van der Waals surface area contributed by atoms with E-state index in [1.165, 1.54) is 29.5 Å². The first kappa shape index (κ1) is 13.5. The van der Waals surface area contributed by atoms with Gasteiger partial charge in [0.2, 0.25) is 0 Å².